The molecule has 0 aliphatic carbocycles. The standard InChI is InChI=1S/C16H15FN2O2/c17-15-9-18-7-5-14(15)11-1-3-12(4-2-11)16(21)19-8-6-13(20)10-19/h1-5,7,9,13,20H,6,8,10H2/t13-/m1/s1. The Morgan fingerprint density at radius 1 is 1.29 bits per heavy atom. The van der Waals surface area contributed by atoms with Crippen molar-refractivity contribution in [1.82, 2.24) is 9.88 Å². The third kappa shape index (κ3) is 2.78. The summed E-state index contributed by atoms with van der Waals surface area (Å²) in [5.41, 5.74) is 1.70. The molecule has 0 saturated carbocycles. The summed E-state index contributed by atoms with van der Waals surface area (Å²) in [5.74, 6) is -0.493. The zero-order valence-electron chi connectivity index (χ0n) is 11.4. The second-order valence-corrected chi connectivity index (χ2v) is 5.13. The Hall–Kier alpha value is -2.27. The fourth-order valence-electron chi connectivity index (χ4n) is 2.51. The van der Waals surface area contributed by atoms with E-state index in [0.29, 0.717) is 36.2 Å². The number of nitrogens with zero attached hydrogens (tertiary/aromatic N) is 2. The van der Waals surface area contributed by atoms with Gasteiger partial charge in [0, 0.05) is 30.4 Å². The lowest BCUT2D eigenvalue weighted by molar-refractivity contribution is 0.0765. The van der Waals surface area contributed by atoms with Crippen molar-refractivity contribution in [3.05, 3.63) is 54.1 Å². The molecule has 2 aromatic rings. The van der Waals surface area contributed by atoms with Crippen molar-refractivity contribution < 1.29 is 14.3 Å². The molecular formula is C16H15FN2O2. The number of likely N-dealkylation sites (tertiary alicyclic amines) is 1. The summed E-state index contributed by atoms with van der Waals surface area (Å²) in [5, 5.41) is 9.48. The van der Waals surface area contributed by atoms with Crippen LogP contribution in [0.15, 0.2) is 42.7 Å². The Labute approximate surface area is 121 Å². The largest absolute Gasteiger partial charge is 0.391 e. The number of rotatable bonds is 2. The van der Waals surface area contributed by atoms with Crippen LogP contribution in [-0.2, 0) is 0 Å². The van der Waals surface area contributed by atoms with E-state index in [1.807, 2.05) is 0 Å². The monoisotopic (exact) mass is 286 g/mol. The number of aromatic nitrogens is 1. The Morgan fingerprint density at radius 2 is 2.05 bits per heavy atom. The lowest BCUT2D eigenvalue weighted by Gasteiger charge is -2.15. The number of pyridine rings is 1. The highest BCUT2D eigenvalue weighted by atomic mass is 19.1. The van der Waals surface area contributed by atoms with Crippen LogP contribution in [0.25, 0.3) is 11.1 Å². The quantitative estimate of drug-likeness (QED) is 0.919. The Morgan fingerprint density at radius 3 is 2.67 bits per heavy atom. The normalized spacial score (nSPS) is 18.0. The molecule has 4 nitrogen and oxygen atoms in total. The molecule has 108 valence electrons. The summed E-state index contributed by atoms with van der Waals surface area (Å²) in [7, 11) is 0. The van der Waals surface area contributed by atoms with Gasteiger partial charge in [-0.15, -0.1) is 0 Å². The van der Waals surface area contributed by atoms with Crippen LogP contribution >= 0.6 is 0 Å². The first-order valence-electron chi connectivity index (χ1n) is 6.82. The number of aliphatic hydroxyl groups is 1. The molecule has 1 aromatic heterocycles. The number of hydrogen-bond acceptors (Lipinski definition) is 3. The number of hydrogen-bond donors (Lipinski definition) is 1. The van der Waals surface area contributed by atoms with Gasteiger partial charge in [-0.25, -0.2) is 4.39 Å². The van der Waals surface area contributed by atoms with E-state index in [4.69, 9.17) is 0 Å². The van der Waals surface area contributed by atoms with Crippen LogP contribution in [0.5, 0.6) is 0 Å². The van der Waals surface area contributed by atoms with Crippen LogP contribution in [0.4, 0.5) is 4.39 Å². The molecule has 1 aromatic carbocycles. The molecule has 1 amide bonds. The second kappa shape index (κ2) is 5.61. The zero-order valence-corrected chi connectivity index (χ0v) is 11.4. The van der Waals surface area contributed by atoms with Gasteiger partial charge in [0.25, 0.3) is 5.91 Å². The van der Waals surface area contributed by atoms with Gasteiger partial charge in [-0.05, 0) is 30.2 Å². The highest BCUT2D eigenvalue weighted by Gasteiger charge is 2.25. The number of carbonyl (C=O) groups is 1. The number of halogens is 1. The predicted molar refractivity (Wildman–Crippen MR) is 76.2 cm³/mol. The first-order valence-corrected chi connectivity index (χ1v) is 6.82. The van der Waals surface area contributed by atoms with Crippen LogP contribution in [0.2, 0.25) is 0 Å². The molecule has 1 aliphatic rings. The number of benzene rings is 1. The summed E-state index contributed by atoms with van der Waals surface area (Å²) >= 11 is 0. The van der Waals surface area contributed by atoms with Crippen molar-refractivity contribution >= 4 is 5.91 Å². The average Bonchev–Trinajstić information content (AvgIpc) is 2.94. The van der Waals surface area contributed by atoms with Crippen molar-refractivity contribution in [3.63, 3.8) is 0 Å². The third-order valence-electron chi connectivity index (χ3n) is 3.67. The molecule has 1 aliphatic heterocycles. The van der Waals surface area contributed by atoms with E-state index in [9.17, 15) is 14.3 Å². The molecule has 1 N–H and O–H groups in total. The molecule has 0 spiro atoms. The Balaban J connectivity index is 1.81. The second-order valence-electron chi connectivity index (χ2n) is 5.13. The van der Waals surface area contributed by atoms with Crippen LogP contribution in [0.1, 0.15) is 16.8 Å². The summed E-state index contributed by atoms with van der Waals surface area (Å²) < 4.78 is 13.7. The van der Waals surface area contributed by atoms with E-state index in [0.717, 1.165) is 0 Å². The number of β-amino-alcohol motifs (C(OH)–C–C–N with tert-alkyl or cyclic N) is 1. The molecule has 0 unspecified atom stereocenters. The molecule has 1 atom stereocenters. The van der Waals surface area contributed by atoms with Gasteiger partial charge in [-0.2, -0.15) is 0 Å². The maximum absolute atomic E-state index is 13.7. The van der Waals surface area contributed by atoms with Gasteiger partial charge in [0.2, 0.25) is 0 Å². The van der Waals surface area contributed by atoms with E-state index in [2.05, 4.69) is 4.98 Å². The maximum atomic E-state index is 13.7. The highest BCUT2D eigenvalue weighted by molar-refractivity contribution is 5.95. The Kier molecular flexibility index (Phi) is 3.66. The molecule has 2 heterocycles. The Bertz CT molecular complexity index is 658. The predicted octanol–water partition coefficient (Wildman–Crippen LogP) is 2.09. The fourth-order valence-corrected chi connectivity index (χ4v) is 2.51. The lowest BCUT2D eigenvalue weighted by Crippen LogP contribution is -2.29. The molecule has 21 heavy (non-hydrogen) atoms. The summed E-state index contributed by atoms with van der Waals surface area (Å²) in [4.78, 5) is 17.6. The minimum Gasteiger partial charge on any atom is -0.391 e. The average molecular weight is 286 g/mol. The van der Waals surface area contributed by atoms with Crippen molar-refractivity contribution in [2.75, 3.05) is 13.1 Å². The summed E-state index contributed by atoms with van der Waals surface area (Å²) in [6.45, 7) is 0.945. The van der Waals surface area contributed by atoms with Gasteiger partial charge in [0.1, 0.15) is 5.82 Å². The summed E-state index contributed by atoms with van der Waals surface area (Å²) in [6.07, 6.45) is 2.88. The van der Waals surface area contributed by atoms with Gasteiger partial charge in [-0.1, -0.05) is 12.1 Å². The SMILES string of the molecule is O=C(c1ccc(-c2ccncc2F)cc1)N1CC[C@@H](O)C1. The van der Waals surface area contributed by atoms with Gasteiger partial charge >= 0.3 is 0 Å². The van der Waals surface area contributed by atoms with Crippen LogP contribution < -0.4 is 0 Å². The van der Waals surface area contributed by atoms with Gasteiger partial charge in [0.15, 0.2) is 0 Å². The number of carbonyl (C=O) groups excluding carboxylic acids is 1. The van der Waals surface area contributed by atoms with Crippen LogP contribution in [0.3, 0.4) is 0 Å². The van der Waals surface area contributed by atoms with Crippen LogP contribution in [-0.4, -0.2) is 40.1 Å². The van der Waals surface area contributed by atoms with Crippen LogP contribution in [0, 0.1) is 5.82 Å². The van der Waals surface area contributed by atoms with Crippen molar-refractivity contribution in [2.24, 2.45) is 0 Å². The molecule has 1 saturated heterocycles. The number of aliphatic hydroxyl groups excluding tert-OH is 1. The smallest absolute Gasteiger partial charge is 0.253 e. The molecular weight excluding hydrogens is 271 g/mol. The maximum Gasteiger partial charge on any atom is 0.253 e. The van der Waals surface area contributed by atoms with E-state index >= 15 is 0 Å². The van der Waals surface area contributed by atoms with Gasteiger partial charge in [0.05, 0.1) is 12.3 Å². The lowest BCUT2D eigenvalue weighted by atomic mass is 10.0. The molecule has 5 heteroatoms. The molecule has 1 fully saturated rings. The van der Waals surface area contributed by atoms with Gasteiger partial charge in [-0.3, -0.25) is 9.78 Å². The minimum atomic E-state index is -0.431. The van der Waals surface area contributed by atoms with Gasteiger partial charge < -0.3 is 10.0 Å². The van der Waals surface area contributed by atoms with E-state index < -0.39 is 6.10 Å². The van der Waals surface area contributed by atoms with Crippen molar-refractivity contribution in [1.29, 1.82) is 0 Å². The van der Waals surface area contributed by atoms with E-state index in [1.165, 1.54) is 12.4 Å². The van der Waals surface area contributed by atoms with E-state index in [1.54, 1.807) is 35.2 Å². The topological polar surface area (TPSA) is 53.4 Å². The van der Waals surface area contributed by atoms with E-state index in [-0.39, 0.29) is 11.7 Å². The number of amides is 1. The zero-order chi connectivity index (χ0) is 14.8. The minimum absolute atomic E-state index is 0.103. The van der Waals surface area contributed by atoms with Crippen molar-refractivity contribution in [3.8, 4) is 11.1 Å². The summed E-state index contributed by atoms with van der Waals surface area (Å²) in [6, 6.07) is 8.41. The molecule has 3 rings (SSSR count). The third-order valence-corrected chi connectivity index (χ3v) is 3.67. The molecule has 0 radical (unpaired) electrons. The fraction of sp³-hybridized carbons (Fsp3) is 0.250. The first-order chi connectivity index (χ1) is 10.1. The first kappa shape index (κ1) is 13.7. The highest BCUT2D eigenvalue weighted by Crippen LogP contribution is 2.23. The van der Waals surface area contributed by atoms with Crippen molar-refractivity contribution in [2.45, 2.75) is 12.5 Å². The molecule has 0 bridgehead atoms.